The summed E-state index contributed by atoms with van der Waals surface area (Å²) in [6, 6.07) is 15.2. The summed E-state index contributed by atoms with van der Waals surface area (Å²) in [4.78, 5) is 11.0. The molecule has 0 radical (unpaired) electrons. The highest BCUT2D eigenvalue weighted by Crippen LogP contribution is 2.34. The summed E-state index contributed by atoms with van der Waals surface area (Å²) in [5.41, 5.74) is 2.58. The van der Waals surface area contributed by atoms with Crippen molar-refractivity contribution in [1.29, 1.82) is 0 Å². The number of nitro benzene ring substituents is 1. The van der Waals surface area contributed by atoms with Gasteiger partial charge in [-0.25, -0.2) is 0 Å². The van der Waals surface area contributed by atoms with Crippen LogP contribution in [0.3, 0.4) is 0 Å². The minimum atomic E-state index is -0.299. The Balaban J connectivity index is 2.58. The number of rotatable bonds is 2. The van der Waals surface area contributed by atoms with Gasteiger partial charge in [0.25, 0.3) is 5.69 Å². The van der Waals surface area contributed by atoms with Gasteiger partial charge in [0.05, 0.1) is 4.92 Å². The third-order valence-corrected chi connectivity index (χ3v) is 3.11. The van der Waals surface area contributed by atoms with Crippen molar-refractivity contribution >= 4 is 5.69 Å². The SMILES string of the molecule is CC(C)(C)c1ccc(-c2ccccc2)cc1[N+](=O)[O-]. The average molecular weight is 255 g/mol. The summed E-state index contributed by atoms with van der Waals surface area (Å²) in [6.07, 6.45) is 0. The number of nitrogens with zero attached hydrogens (tertiary/aromatic N) is 1. The minimum absolute atomic E-state index is 0.189. The third kappa shape index (κ3) is 2.81. The van der Waals surface area contributed by atoms with Crippen LogP contribution in [-0.4, -0.2) is 4.92 Å². The van der Waals surface area contributed by atoms with Crippen molar-refractivity contribution in [3.05, 3.63) is 64.2 Å². The lowest BCUT2D eigenvalue weighted by Crippen LogP contribution is -2.13. The fourth-order valence-electron chi connectivity index (χ4n) is 2.13. The molecule has 0 aromatic heterocycles. The first-order chi connectivity index (χ1) is 8.89. The molecule has 3 nitrogen and oxygen atoms in total. The molecule has 0 amide bonds. The summed E-state index contributed by atoms with van der Waals surface area (Å²) >= 11 is 0. The van der Waals surface area contributed by atoms with Crippen LogP contribution in [0.15, 0.2) is 48.5 Å². The molecule has 0 aliphatic carbocycles. The lowest BCUT2D eigenvalue weighted by molar-refractivity contribution is -0.385. The molecule has 2 aromatic carbocycles. The second-order valence-corrected chi connectivity index (χ2v) is 5.61. The summed E-state index contributed by atoms with van der Waals surface area (Å²) in [6.45, 7) is 5.95. The van der Waals surface area contributed by atoms with Gasteiger partial charge in [0.15, 0.2) is 0 Å². The molecule has 0 aliphatic heterocycles. The lowest BCUT2D eigenvalue weighted by atomic mass is 9.85. The molecular formula is C16H17NO2. The standard InChI is InChI=1S/C16H17NO2/c1-16(2,3)14-10-9-13(11-15(14)17(18)19)12-7-5-4-6-8-12/h4-11H,1-3H3. The quantitative estimate of drug-likeness (QED) is 0.583. The minimum Gasteiger partial charge on any atom is -0.258 e. The van der Waals surface area contributed by atoms with Gasteiger partial charge < -0.3 is 0 Å². The topological polar surface area (TPSA) is 43.1 Å². The van der Waals surface area contributed by atoms with Gasteiger partial charge in [-0.1, -0.05) is 63.2 Å². The molecule has 0 saturated heterocycles. The Morgan fingerprint density at radius 2 is 1.58 bits per heavy atom. The fraction of sp³-hybridized carbons (Fsp3) is 0.250. The van der Waals surface area contributed by atoms with Crippen LogP contribution in [0.4, 0.5) is 5.69 Å². The van der Waals surface area contributed by atoms with Crippen LogP contribution in [-0.2, 0) is 5.41 Å². The largest absolute Gasteiger partial charge is 0.273 e. The predicted molar refractivity (Wildman–Crippen MR) is 77.2 cm³/mol. The van der Waals surface area contributed by atoms with Gasteiger partial charge in [0, 0.05) is 11.6 Å². The molecule has 2 rings (SSSR count). The van der Waals surface area contributed by atoms with E-state index in [4.69, 9.17) is 0 Å². The Labute approximate surface area is 113 Å². The molecule has 0 spiro atoms. The first-order valence-electron chi connectivity index (χ1n) is 6.24. The molecule has 0 saturated carbocycles. The van der Waals surface area contributed by atoms with Crippen molar-refractivity contribution in [3.63, 3.8) is 0 Å². The Morgan fingerprint density at radius 1 is 0.947 bits per heavy atom. The van der Waals surface area contributed by atoms with Gasteiger partial charge >= 0.3 is 0 Å². The molecule has 98 valence electrons. The van der Waals surface area contributed by atoms with Crippen molar-refractivity contribution in [2.45, 2.75) is 26.2 Å². The van der Waals surface area contributed by atoms with Gasteiger partial charge in [0.1, 0.15) is 0 Å². The Bertz CT molecular complexity index is 598. The van der Waals surface area contributed by atoms with E-state index in [0.717, 1.165) is 16.7 Å². The van der Waals surface area contributed by atoms with Crippen LogP contribution >= 0.6 is 0 Å². The van der Waals surface area contributed by atoms with Gasteiger partial charge in [-0.05, 0) is 16.5 Å². The van der Waals surface area contributed by atoms with Gasteiger partial charge in [-0.2, -0.15) is 0 Å². The monoisotopic (exact) mass is 255 g/mol. The van der Waals surface area contributed by atoms with E-state index in [1.807, 2.05) is 63.2 Å². The highest BCUT2D eigenvalue weighted by Gasteiger charge is 2.25. The summed E-state index contributed by atoms with van der Waals surface area (Å²) in [5, 5.41) is 11.3. The second-order valence-electron chi connectivity index (χ2n) is 5.61. The first-order valence-corrected chi connectivity index (χ1v) is 6.24. The van der Waals surface area contributed by atoms with E-state index in [0.29, 0.717) is 0 Å². The molecular weight excluding hydrogens is 238 g/mol. The summed E-state index contributed by atoms with van der Waals surface area (Å²) in [7, 11) is 0. The Morgan fingerprint density at radius 3 is 2.11 bits per heavy atom. The maximum absolute atomic E-state index is 11.3. The number of benzene rings is 2. The molecule has 3 heteroatoms. The van der Waals surface area contributed by atoms with Crippen molar-refractivity contribution in [1.82, 2.24) is 0 Å². The van der Waals surface area contributed by atoms with Gasteiger partial charge in [-0.15, -0.1) is 0 Å². The van der Waals surface area contributed by atoms with E-state index in [1.54, 1.807) is 6.07 Å². The van der Waals surface area contributed by atoms with Crippen molar-refractivity contribution < 1.29 is 4.92 Å². The lowest BCUT2D eigenvalue weighted by Gasteiger charge is -2.19. The van der Waals surface area contributed by atoms with Crippen molar-refractivity contribution in [2.24, 2.45) is 0 Å². The Kier molecular flexibility index (Phi) is 3.38. The molecule has 0 atom stereocenters. The highest BCUT2D eigenvalue weighted by atomic mass is 16.6. The van der Waals surface area contributed by atoms with Crippen LogP contribution in [0.25, 0.3) is 11.1 Å². The normalized spacial score (nSPS) is 11.3. The maximum atomic E-state index is 11.3. The second kappa shape index (κ2) is 4.84. The van der Waals surface area contributed by atoms with Crippen LogP contribution in [0.1, 0.15) is 26.3 Å². The van der Waals surface area contributed by atoms with Gasteiger partial charge in [-0.3, -0.25) is 10.1 Å². The highest BCUT2D eigenvalue weighted by molar-refractivity contribution is 5.68. The predicted octanol–water partition coefficient (Wildman–Crippen LogP) is 4.56. The number of nitro groups is 1. The molecule has 0 bridgehead atoms. The van der Waals surface area contributed by atoms with E-state index >= 15 is 0 Å². The van der Waals surface area contributed by atoms with Crippen LogP contribution in [0.5, 0.6) is 0 Å². The van der Waals surface area contributed by atoms with E-state index < -0.39 is 0 Å². The summed E-state index contributed by atoms with van der Waals surface area (Å²) in [5.74, 6) is 0. The molecule has 0 fully saturated rings. The molecule has 0 unspecified atom stereocenters. The van der Waals surface area contributed by atoms with Crippen molar-refractivity contribution in [3.8, 4) is 11.1 Å². The zero-order chi connectivity index (χ0) is 14.0. The van der Waals surface area contributed by atoms with E-state index in [1.165, 1.54) is 0 Å². The number of hydrogen-bond acceptors (Lipinski definition) is 2. The van der Waals surface area contributed by atoms with Crippen LogP contribution in [0.2, 0.25) is 0 Å². The smallest absolute Gasteiger partial charge is 0.258 e. The first kappa shape index (κ1) is 13.3. The maximum Gasteiger partial charge on any atom is 0.273 e. The number of hydrogen-bond donors (Lipinski definition) is 0. The van der Waals surface area contributed by atoms with Crippen LogP contribution < -0.4 is 0 Å². The molecule has 0 N–H and O–H groups in total. The van der Waals surface area contributed by atoms with Crippen LogP contribution in [0, 0.1) is 10.1 Å². The van der Waals surface area contributed by atoms with E-state index in [-0.39, 0.29) is 16.0 Å². The molecule has 19 heavy (non-hydrogen) atoms. The van der Waals surface area contributed by atoms with E-state index in [9.17, 15) is 10.1 Å². The summed E-state index contributed by atoms with van der Waals surface area (Å²) < 4.78 is 0. The van der Waals surface area contributed by atoms with Crippen molar-refractivity contribution in [2.75, 3.05) is 0 Å². The fourth-order valence-corrected chi connectivity index (χ4v) is 2.13. The molecule has 0 heterocycles. The zero-order valence-corrected chi connectivity index (χ0v) is 11.4. The zero-order valence-electron chi connectivity index (χ0n) is 11.4. The average Bonchev–Trinajstić information content (AvgIpc) is 2.38. The molecule has 2 aromatic rings. The third-order valence-electron chi connectivity index (χ3n) is 3.11. The van der Waals surface area contributed by atoms with Gasteiger partial charge in [0.2, 0.25) is 0 Å². The Hall–Kier alpha value is -2.16. The van der Waals surface area contributed by atoms with E-state index in [2.05, 4.69) is 0 Å². The molecule has 0 aliphatic rings.